The SMILES string of the molecule is COc1cc2nc(C)nc(N[C@H](C)c3cccc(C(F)(F)F)c3F)c2cc1C1CCC(C(=O)N2CCN(CC3CCC4(CC3)CCN(C(=O)c3ccc(Cl)c(-n5ccc(=O)[nH]c5=O)c3)CC4)CC2)CC1. The third-order valence-corrected chi connectivity index (χ3v) is 15.9. The second-order valence-electron chi connectivity index (χ2n) is 19.9. The first-order valence-corrected chi connectivity index (χ1v) is 24.8. The van der Waals surface area contributed by atoms with Crippen LogP contribution in [0.3, 0.4) is 0 Å². The number of alkyl halides is 3. The van der Waals surface area contributed by atoms with E-state index in [1.54, 1.807) is 39.2 Å². The zero-order valence-corrected chi connectivity index (χ0v) is 40.5. The fourth-order valence-electron chi connectivity index (χ4n) is 11.5. The highest BCUT2D eigenvalue weighted by atomic mass is 35.5. The number of carbonyl (C=O) groups is 2. The van der Waals surface area contributed by atoms with Gasteiger partial charge in [0, 0.05) is 86.6 Å². The molecular formula is C52H59ClF4N8O5. The molecule has 13 nitrogen and oxygen atoms in total. The van der Waals surface area contributed by atoms with Crippen LogP contribution in [0.15, 0.2) is 70.4 Å². The van der Waals surface area contributed by atoms with Crippen molar-refractivity contribution in [3.8, 4) is 11.4 Å². The molecule has 1 atom stereocenters. The van der Waals surface area contributed by atoms with Crippen LogP contribution in [0.25, 0.3) is 16.6 Å². The number of amides is 2. The van der Waals surface area contributed by atoms with Gasteiger partial charge in [0.1, 0.15) is 23.2 Å². The number of hydrogen-bond donors (Lipinski definition) is 2. The van der Waals surface area contributed by atoms with Crippen molar-refractivity contribution in [2.24, 2.45) is 17.3 Å². The third kappa shape index (κ3) is 10.3. The number of ether oxygens (including phenoxy) is 1. The second-order valence-corrected chi connectivity index (χ2v) is 20.3. The van der Waals surface area contributed by atoms with Crippen molar-refractivity contribution in [1.29, 1.82) is 0 Å². The first-order chi connectivity index (χ1) is 33.5. The maximum Gasteiger partial charge on any atom is 0.419 e. The van der Waals surface area contributed by atoms with Gasteiger partial charge in [-0.2, -0.15) is 13.2 Å². The van der Waals surface area contributed by atoms with E-state index in [9.17, 15) is 32.3 Å². The summed E-state index contributed by atoms with van der Waals surface area (Å²) in [4.78, 5) is 69.5. The van der Waals surface area contributed by atoms with Crippen molar-refractivity contribution in [2.45, 2.75) is 96.2 Å². The average Bonchev–Trinajstić information content (AvgIpc) is 3.34. The topological polar surface area (TPSA) is 146 Å². The molecule has 0 bridgehead atoms. The molecule has 2 N–H and O–H groups in total. The molecule has 2 saturated heterocycles. The average molecular weight is 988 g/mol. The maximum atomic E-state index is 15.1. The van der Waals surface area contributed by atoms with E-state index in [0.29, 0.717) is 76.7 Å². The Morgan fingerprint density at radius 1 is 0.900 bits per heavy atom. The van der Waals surface area contributed by atoms with Gasteiger partial charge in [0.2, 0.25) is 5.91 Å². The van der Waals surface area contributed by atoms with E-state index < -0.39 is 34.8 Å². The molecular weight excluding hydrogens is 928 g/mol. The molecule has 70 heavy (non-hydrogen) atoms. The number of likely N-dealkylation sites (tertiary alicyclic amines) is 1. The Hall–Kier alpha value is -5.81. The molecule has 4 aliphatic rings. The summed E-state index contributed by atoms with van der Waals surface area (Å²) in [5.41, 5.74) is -0.0263. The first kappa shape index (κ1) is 49.2. The molecule has 2 aliphatic carbocycles. The van der Waals surface area contributed by atoms with Gasteiger partial charge in [-0.25, -0.2) is 19.2 Å². The predicted octanol–water partition coefficient (Wildman–Crippen LogP) is 9.30. The molecule has 1 spiro atoms. The largest absolute Gasteiger partial charge is 0.496 e. The van der Waals surface area contributed by atoms with Crippen LogP contribution >= 0.6 is 11.6 Å². The summed E-state index contributed by atoms with van der Waals surface area (Å²) in [5, 5.41) is 4.11. The van der Waals surface area contributed by atoms with Crippen LogP contribution in [0, 0.1) is 30.0 Å². The Morgan fingerprint density at radius 2 is 1.61 bits per heavy atom. The summed E-state index contributed by atoms with van der Waals surface area (Å²) in [6.07, 6.45) is 6.05. The van der Waals surface area contributed by atoms with Crippen molar-refractivity contribution in [3.63, 3.8) is 0 Å². The van der Waals surface area contributed by atoms with E-state index in [2.05, 4.69) is 25.2 Å². The molecule has 2 aliphatic heterocycles. The highest BCUT2D eigenvalue weighted by Gasteiger charge is 2.41. The van der Waals surface area contributed by atoms with Crippen LogP contribution in [-0.2, 0) is 11.0 Å². The van der Waals surface area contributed by atoms with Gasteiger partial charge in [0.25, 0.3) is 11.5 Å². The molecule has 2 amide bonds. The van der Waals surface area contributed by atoms with E-state index in [-0.39, 0.29) is 34.6 Å². The van der Waals surface area contributed by atoms with E-state index in [4.69, 9.17) is 16.3 Å². The fourth-order valence-corrected chi connectivity index (χ4v) is 11.7. The molecule has 2 aromatic heterocycles. The maximum absolute atomic E-state index is 15.1. The van der Waals surface area contributed by atoms with Crippen molar-refractivity contribution < 1.29 is 31.9 Å². The van der Waals surface area contributed by atoms with E-state index >= 15 is 4.39 Å². The number of fused-ring (bicyclic) bond motifs is 1. The smallest absolute Gasteiger partial charge is 0.419 e. The molecule has 5 aromatic rings. The minimum absolute atomic E-state index is 0.0613. The fraction of sp³-hybridized carbons (Fsp3) is 0.500. The molecule has 18 heteroatoms. The Balaban J connectivity index is 0.741. The lowest BCUT2D eigenvalue weighted by Crippen LogP contribution is -2.52. The number of anilines is 1. The Morgan fingerprint density at radius 3 is 2.29 bits per heavy atom. The summed E-state index contributed by atoms with van der Waals surface area (Å²) in [6.45, 7) is 8.83. The van der Waals surface area contributed by atoms with Crippen LogP contribution in [0.2, 0.25) is 5.02 Å². The van der Waals surface area contributed by atoms with Crippen molar-refractivity contribution >= 4 is 40.1 Å². The van der Waals surface area contributed by atoms with Crippen LogP contribution in [0.4, 0.5) is 23.4 Å². The van der Waals surface area contributed by atoms with Gasteiger partial charge in [-0.05, 0) is 131 Å². The molecule has 4 fully saturated rings. The molecule has 0 unspecified atom stereocenters. The van der Waals surface area contributed by atoms with Crippen LogP contribution in [0.5, 0.6) is 5.75 Å². The van der Waals surface area contributed by atoms with Crippen LogP contribution < -0.4 is 21.3 Å². The van der Waals surface area contributed by atoms with Crippen LogP contribution in [0.1, 0.15) is 116 Å². The monoisotopic (exact) mass is 986 g/mol. The highest BCUT2D eigenvalue weighted by Crippen LogP contribution is 2.47. The van der Waals surface area contributed by atoms with Gasteiger partial charge < -0.3 is 19.9 Å². The van der Waals surface area contributed by atoms with Crippen LogP contribution in [-0.4, -0.2) is 99.0 Å². The zero-order chi connectivity index (χ0) is 49.5. The van der Waals surface area contributed by atoms with E-state index in [1.165, 1.54) is 29.0 Å². The Kier molecular flexibility index (Phi) is 14.1. The number of nitrogens with one attached hydrogen (secondary N) is 2. The normalized spacial score (nSPS) is 20.7. The number of carbonyl (C=O) groups excluding carboxylic acids is 2. The lowest BCUT2D eigenvalue weighted by atomic mass is 9.65. The molecule has 0 radical (unpaired) electrons. The van der Waals surface area contributed by atoms with E-state index in [1.807, 2.05) is 21.9 Å². The predicted molar refractivity (Wildman–Crippen MR) is 259 cm³/mol. The standard InChI is InChI=1S/C52H59ClF4N8O5/c1-31(37-5-4-6-40(46(37)54)52(55,56)57)58-47-39-28-38(44(70-3)29-42(39)59-32(2)60-47)34-7-9-35(10-8-34)48(67)64-25-23-62(24-26-64)30-33-13-16-51(17-14-33)18-21-63(22-19-51)49(68)36-11-12-41(53)43(27-36)65-20-15-45(66)61-50(65)69/h4-6,11-12,15,20,27-29,31,33-35H,7-10,13-14,16-19,21-26,30H2,1-3H3,(H,58,59,60)(H,61,66,69)/t31-,34?,35?/m1/s1. The van der Waals surface area contributed by atoms with Crippen molar-refractivity contribution in [1.82, 2.24) is 34.2 Å². The molecule has 4 heterocycles. The molecule has 9 rings (SSSR count). The number of nitrogens with zero attached hydrogens (tertiary/aromatic N) is 6. The van der Waals surface area contributed by atoms with Gasteiger partial charge in [-0.3, -0.25) is 28.8 Å². The number of piperazine rings is 1. The number of aromatic nitrogens is 4. The van der Waals surface area contributed by atoms with Crippen molar-refractivity contribution in [2.75, 3.05) is 58.2 Å². The number of methoxy groups -OCH3 is 1. The second kappa shape index (κ2) is 20.1. The van der Waals surface area contributed by atoms with Gasteiger partial charge in [0.05, 0.1) is 34.9 Å². The number of benzene rings is 3. The van der Waals surface area contributed by atoms with Gasteiger partial charge >= 0.3 is 11.9 Å². The van der Waals surface area contributed by atoms with Gasteiger partial charge in [0.15, 0.2) is 0 Å². The Bertz CT molecular complexity index is 2870. The van der Waals surface area contributed by atoms with Gasteiger partial charge in [-0.15, -0.1) is 0 Å². The number of piperidine rings is 1. The lowest BCUT2D eigenvalue weighted by molar-refractivity contribution is -0.140. The summed E-state index contributed by atoms with van der Waals surface area (Å²) in [6, 6.07) is 12.4. The molecule has 3 aromatic carbocycles. The highest BCUT2D eigenvalue weighted by molar-refractivity contribution is 6.32. The van der Waals surface area contributed by atoms with Gasteiger partial charge in [-0.1, -0.05) is 23.7 Å². The third-order valence-electron chi connectivity index (χ3n) is 15.6. The zero-order valence-electron chi connectivity index (χ0n) is 39.7. The number of aromatic amines is 1. The summed E-state index contributed by atoms with van der Waals surface area (Å²) < 4.78 is 62.8. The summed E-state index contributed by atoms with van der Waals surface area (Å²) >= 11 is 6.40. The van der Waals surface area contributed by atoms with E-state index in [0.717, 1.165) is 95.5 Å². The number of H-pyrrole nitrogens is 1. The number of rotatable bonds is 10. The lowest BCUT2D eigenvalue weighted by Gasteiger charge is -2.47. The molecule has 372 valence electrons. The number of aryl methyl sites for hydroxylation is 1. The number of hydrogen-bond acceptors (Lipinski definition) is 9. The summed E-state index contributed by atoms with van der Waals surface area (Å²) in [7, 11) is 1.61. The quantitative estimate of drug-likeness (QED) is 0.131. The minimum atomic E-state index is -4.82. The molecule has 2 saturated carbocycles. The minimum Gasteiger partial charge on any atom is -0.496 e. The first-order valence-electron chi connectivity index (χ1n) is 24.4. The van der Waals surface area contributed by atoms with Crippen molar-refractivity contribution in [3.05, 3.63) is 121 Å². The Labute approximate surface area is 408 Å². The number of halogens is 5. The summed E-state index contributed by atoms with van der Waals surface area (Å²) in [5.74, 6) is 0.937.